The summed E-state index contributed by atoms with van der Waals surface area (Å²) in [6.45, 7) is 4.41. The van der Waals surface area contributed by atoms with Crippen molar-refractivity contribution in [3.05, 3.63) is 16.8 Å². The first kappa shape index (κ1) is 15.2. The molecule has 0 aromatic carbocycles. The molecule has 6 heteroatoms. The SMILES string of the molecule is CCOc1ncnc2sc(C(=O)NC3CCCCC3)c(C)c12. The summed E-state index contributed by atoms with van der Waals surface area (Å²) in [5.74, 6) is 0.577. The van der Waals surface area contributed by atoms with E-state index in [9.17, 15) is 4.79 Å². The third-order valence-corrected chi connectivity index (χ3v) is 5.32. The molecule has 0 spiro atoms. The van der Waals surface area contributed by atoms with Crippen LogP contribution >= 0.6 is 11.3 Å². The van der Waals surface area contributed by atoms with Crippen molar-refractivity contribution in [2.24, 2.45) is 0 Å². The van der Waals surface area contributed by atoms with Crippen LogP contribution in [-0.2, 0) is 0 Å². The molecule has 5 nitrogen and oxygen atoms in total. The van der Waals surface area contributed by atoms with Crippen LogP contribution in [0.2, 0.25) is 0 Å². The number of ether oxygens (including phenoxy) is 1. The van der Waals surface area contributed by atoms with E-state index in [1.54, 1.807) is 0 Å². The summed E-state index contributed by atoms with van der Waals surface area (Å²) >= 11 is 1.42. The molecule has 1 aliphatic carbocycles. The molecule has 118 valence electrons. The van der Waals surface area contributed by atoms with Gasteiger partial charge in [0.25, 0.3) is 5.91 Å². The van der Waals surface area contributed by atoms with Crippen molar-refractivity contribution in [2.75, 3.05) is 6.61 Å². The van der Waals surface area contributed by atoms with E-state index in [-0.39, 0.29) is 5.91 Å². The van der Waals surface area contributed by atoms with Gasteiger partial charge in [-0.25, -0.2) is 9.97 Å². The van der Waals surface area contributed by atoms with Gasteiger partial charge in [-0.3, -0.25) is 4.79 Å². The van der Waals surface area contributed by atoms with Gasteiger partial charge in [0.2, 0.25) is 5.88 Å². The van der Waals surface area contributed by atoms with Gasteiger partial charge in [-0.1, -0.05) is 19.3 Å². The summed E-state index contributed by atoms with van der Waals surface area (Å²) in [4.78, 5) is 22.6. The molecule has 0 unspecified atom stereocenters. The Morgan fingerprint density at radius 3 is 2.86 bits per heavy atom. The number of aryl methyl sites for hydroxylation is 1. The number of fused-ring (bicyclic) bond motifs is 1. The number of amides is 1. The second-order valence-electron chi connectivity index (χ2n) is 5.66. The Morgan fingerprint density at radius 1 is 1.36 bits per heavy atom. The van der Waals surface area contributed by atoms with E-state index in [0.29, 0.717) is 18.5 Å². The van der Waals surface area contributed by atoms with Gasteiger partial charge in [0.1, 0.15) is 11.2 Å². The third kappa shape index (κ3) is 2.92. The van der Waals surface area contributed by atoms with E-state index in [1.807, 2.05) is 13.8 Å². The summed E-state index contributed by atoms with van der Waals surface area (Å²) in [6, 6.07) is 0.309. The highest BCUT2D eigenvalue weighted by Crippen LogP contribution is 2.34. The Bertz CT molecular complexity index is 677. The predicted octanol–water partition coefficient (Wildman–Crippen LogP) is 3.46. The lowest BCUT2D eigenvalue weighted by Gasteiger charge is -2.22. The molecule has 0 bridgehead atoms. The number of hydrogen-bond acceptors (Lipinski definition) is 5. The summed E-state index contributed by atoms with van der Waals surface area (Å²) in [6.07, 6.45) is 7.35. The number of nitrogens with zero attached hydrogens (tertiary/aromatic N) is 2. The number of carbonyl (C=O) groups is 1. The van der Waals surface area contributed by atoms with E-state index < -0.39 is 0 Å². The summed E-state index contributed by atoms with van der Waals surface area (Å²) in [5.41, 5.74) is 0.914. The van der Waals surface area contributed by atoms with Crippen molar-refractivity contribution in [1.82, 2.24) is 15.3 Å². The topological polar surface area (TPSA) is 64.1 Å². The number of aromatic nitrogens is 2. The van der Waals surface area contributed by atoms with E-state index >= 15 is 0 Å². The van der Waals surface area contributed by atoms with Crippen molar-refractivity contribution < 1.29 is 9.53 Å². The van der Waals surface area contributed by atoms with Crippen molar-refractivity contribution in [1.29, 1.82) is 0 Å². The van der Waals surface area contributed by atoms with Crippen LogP contribution < -0.4 is 10.1 Å². The maximum Gasteiger partial charge on any atom is 0.261 e. The van der Waals surface area contributed by atoms with E-state index in [4.69, 9.17) is 4.74 Å². The van der Waals surface area contributed by atoms with Gasteiger partial charge >= 0.3 is 0 Å². The lowest BCUT2D eigenvalue weighted by atomic mass is 9.95. The van der Waals surface area contributed by atoms with Crippen LogP contribution in [0, 0.1) is 6.92 Å². The normalized spacial score (nSPS) is 15.9. The molecule has 3 rings (SSSR count). The number of nitrogens with one attached hydrogen (secondary N) is 1. The lowest BCUT2D eigenvalue weighted by molar-refractivity contribution is 0.0931. The standard InChI is InChI=1S/C16H21N3O2S/c1-3-21-15-12-10(2)13(22-16(12)18-9-17-15)14(20)19-11-7-5-4-6-8-11/h9,11H,3-8H2,1-2H3,(H,19,20). The Kier molecular flexibility index (Phi) is 4.57. The predicted molar refractivity (Wildman–Crippen MR) is 87.7 cm³/mol. The number of rotatable bonds is 4. The molecular weight excluding hydrogens is 298 g/mol. The summed E-state index contributed by atoms with van der Waals surface area (Å²) < 4.78 is 5.57. The van der Waals surface area contributed by atoms with Crippen LogP contribution in [0.1, 0.15) is 54.3 Å². The highest BCUT2D eigenvalue weighted by Gasteiger charge is 2.22. The Morgan fingerprint density at radius 2 is 2.14 bits per heavy atom. The van der Waals surface area contributed by atoms with Gasteiger partial charge in [0.05, 0.1) is 16.9 Å². The van der Waals surface area contributed by atoms with Gasteiger partial charge in [0, 0.05) is 6.04 Å². The molecule has 0 atom stereocenters. The van der Waals surface area contributed by atoms with Crippen LogP contribution in [0.15, 0.2) is 6.33 Å². The Balaban J connectivity index is 1.88. The molecule has 1 N–H and O–H groups in total. The van der Waals surface area contributed by atoms with E-state index in [1.165, 1.54) is 36.9 Å². The average Bonchev–Trinajstić information content (AvgIpc) is 2.87. The van der Waals surface area contributed by atoms with Crippen LogP contribution in [-0.4, -0.2) is 28.5 Å². The van der Waals surface area contributed by atoms with Gasteiger partial charge in [-0.05, 0) is 32.3 Å². The molecule has 0 saturated heterocycles. The molecule has 22 heavy (non-hydrogen) atoms. The minimum atomic E-state index is 0.00912. The van der Waals surface area contributed by atoms with E-state index in [0.717, 1.165) is 33.5 Å². The summed E-state index contributed by atoms with van der Waals surface area (Å²) in [7, 11) is 0. The minimum Gasteiger partial charge on any atom is -0.477 e. The Hall–Kier alpha value is -1.69. The fourth-order valence-corrected chi connectivity index (χ4v) is 4.04. The fraction of sp³-hybridized carbons (Fsp3) is 0.562. The van der Waals surface area contributed by atoms with Gasteiger partial charge in [0.15, 0.2) is 0 Å². The Labute approximate surface area is 134 Å². The highest BCUT2D eigenvalue weighted by molar-refractivity contribution is 7.20. The maximum atomic E-state index is 12.6. The molecule has 2 aromatic rings. The van der Waals surface area contributed by atoms with Gasteiger partial charge < -0.3 is 10.1 Å². The molecule has 1 fully saturated rings. The number of hydrogen-bond donors (Lipinski definition) is 1. The van der Waals surface area contributed by atoms with Crippen molar-refractivity contribution in [3.8, 4) is 5.88 Å². The quantitative estimate of drug-likeness (QED) is 0.937. The fourth-order valence-electron chi connectivity index (χ4n) is 3.00. The molecule has 0 radical (unpaired) electrons. The first-order valence-corrected chi connectivity index (χ1v) is 8.70. The van der Waals surface area contributed by atoms with Gasteiger partial charge in [-0.15, -0.1) is 11.3 Å². The molecule has 1 amide bonds. The van der Waals surface area contributed by atoms with Crippen LogP contribution in [0.25, 0.3) is 10.2 Å². The number of carbonyl (C=O) groups excluding carboxylic acids is 1. The van der Waals surface area contributed by atoms with Crippen LogP contribution in [0.4, 0.5) is 0 Å². The van der Waals surface area contributed by atoms with E-state index in [2.05, 4.69) is 15.3 Å². The molecule has 2 aromatic heterocycles. The highest BCUT2D eigenvalue weighted by atomic mass is 32.1. The molecule has 0 aliphatic heterocycles. The van der Waals surface area contributed by atoms with Crippen molar-refractivity contribution in [2.45, 2.75) is 52.0 Å². The first-order valence-electron chi connectivity index (χ1n) is 7.88. The minimum absolute atomic E-state index is 0.00912. The smallest absolute Gasteiger partial charge is 0.261 e. The first-order chi connectivity index (χ1) is 10.7. The monoisotopic (exact) mass is 319 g/mol. The molecule has 1 aliphatic rings. The zero-order valence-corrected chi connectivity index (χ0v) is 13.8. The van der Waals surface area contributed by atoms with Crippen molar-refractivity contribution >= 4 is 27.5 Å². The third-order valence-electron chi connectivity index (χ3n) is 4.12. The lowest BCUT2D eigenvalue weighted by Crippen LogP contribution is -2.36. The second kappa shape index (κ2) is 6.60. The zero-order chi connectivity index (χ0) is 15.5. The van der Waals surface area contributed by atoms with Gasteiger partial charge in [-0.2, -0.15) is 0 Å². The average molecular weight is 319 g/mol. The van der Waals surface area contributed by atoms with Crippen molar-refractivity contribution in [3.63, 3.8) is 0 Å². The number of thiophene rings is 1. The zero-order valence-electron chi connectivity index (χ0n) is 13.0. The summed E-state index contributed by atoms with van der Waals surface area (Å²) in [5, 5.41) is 4.03. The largest absolute Gasteiger partial charge is 0.477 e. The maximum absolute atomic E-state index is 12.6. The van der Waals surface area contributed by atoms with Crippen LogP contribution in [0.3, 0.4) is 0 Å². The second-order valence-corrected chi connectivity index (χ2v) is 6.66. The molecule has 1 saturated carbocycles. The molecule has 2 heterocycles. The molecular formula is C16H21N3O2S. The van der Waals surface area contributed by atoms with Crippen LogP contribution in [0.5, 0.6) is 5.88 Å².